The van der Waals surface area contributed by atoms with Crippen LogP contribution in [-0.4, -0.2) is 37.5 Å². The SMILES string of the molecule is FC(=CBr)C(F)N1CCOCC1. The van der Waals surface area contributed by atoms with Gasteiger partial charge in [-0.15, -0.1) is 0 Å². The van der Waals surface area contributed by atoms with Crippen LogP contribution >= 0.6 is 15.9 Å². The summed E-state index contributed by atoms with van der Waals surface area (Å²) in [4.78, 5) is 2.36. The van der Waals surface area contributed by atoms with E-state index in [4.69, 9.17) is 4.74 Å². The fourth-order valence-electron chi connectivity index (χ4n) is 1.03. The number of alkyl halides is 1. The third kappa shape index (κ3) is 2.50. The highest BCUT2D eigenvalue weighted by Gasteiger charge is 2.23. The van der Waals surface area contributed by atoms with Gasteiger partial charge in [-0.1, -0.05) is 15.9 Å². The second kappa shape index (κ2) is 4.89. The highest BCUT2D eigenvalue weighted by molar-refractivity contribution is 9.11. The van der Waals surface area contributed by atoms with Gasteiger partial charge in [0.15, 0.2) is 5.83 Å². The van der Waals surface area contributed by atoms with Gasteiger partial charge in [0.1, 0.15) is 0 Å². The number of rotatable bonds is 2. The Morgan fingerprint density at radius 1 is 1.50 bits per heavy atom. The molecule has 0 N–H and O–H groups in total. The molecule has 1 aliphatic rings. The molecule has 0 spiro atoms. The Bertz CT molecular complexity index is 171. The van der Waals surface area contributed by atoms with E-state index in [-0.39, 0.29) is 0 Å². The zero-order chi connectivity index (χ0) is 8.97. The molecule has 0 aromatic heterocycles. The number of hydrogen-bond donors (Lipinski definition) is 0. The zero-order valence-corrected chi connectivity index (χ0v) is 8.06. The van der Waals surface area contributed by atoms with Crippen LogP contribution in [0.3, 0.4) is 0 Å². The molecule has 12 heavy (non-hydrogen) atoms. The van der Waals surface area contributed by atoms with E-state index in [0.717, 1.165) is 4.99 Å². The predicted octanol–water partition coefficient (Wildman–Crippen LogP) is 1.82. The zero-order valence-electron chi connectivity index (χ0n) is 6.47. The van der Waals surface area contributed by atoms with Gasteiger partial charge in [-0.05, 0) is 0 Å². The summed E-state index contributed by atoms with van der Waals surface area (Å²) in [5.41, 5.74) is 0. The molecule has 0 radical (unpaired) electrons. The van der Waals surface area contributed by atoms with Crippen molar-refractivity contribution in [1.82, 2.24) is 4.90 Å². The standard InChI is InChI=1S/C7H10BrF2NO/c8-5-6(9)7(10)11-1-3-12-4-2-11/h5,7H,1-4H2. The van der Waals surface area contributed by atoms with Gasteiger partial charge in [-0.3, -0.25) is 4.90 Å². The summed E-state index contributed by atoms with van der Waals surface area (Å²) in [5.74, 6) is -0.795. The van der Waals surface area contributed by atoms with Crippen LogP contribution in [0.4, 0.5) is 8.78 Å². The Labute approximate surface area is 78.3 Å². The summed E-state index contributed by atoms with van der Waals surface area (Å²) in [6.45, 7) is 1.82. The number of halogens is 3. The van der Waals surface area contributed by atoms with Gasteiger partial charge in [-0.25, -0.2) is 8.78 Å². The molecule has 0 aromatic carbocycles. The van der Waals surface area contributed by atoms with Crippen molar-refractivity contribution in [3.8, 4) is 0 Å². The van der Waals surface area contributed by atoms with Crippen molar-refractivity contribution in [2.45, 2.75) is 6.30 Å². The molecule has 1 heterocycles. The molecule has 0 aliphatic carbocycles. The molecule has 5 heteroatoms. The molecule has 70 valence electrons. The summed E-state index contributed by atoms with van der Waals surface area (Å²) >= 11 is 2.75. The van der Waals surface area contributed by atoms with Crippen molar-refractivity contribution in [3.05, 3.63) is 10.8 Å². The normalized spacial score (nSPS) is 24.1. The van der Waals surface area contributed by atoms with Crippen LogP contribution in [0.5, 0.6) is 0 Å². The number of nitrogens with zero attached hydrogens (tertiary/aromatic N) is 1. The first-order chi connectivity index (χ1) is 5.75. The van der Waals surface area contributed by atoms with E-state index < -0.39 is 12.1 Å². The monoisotopic (exact) mass is 241 g/mol. The van der Waals surface area contributed by atoms with E-state index in [1.165, 1.54) is 4.90 Å². The Kier molecular flexibility index (Phi) is 4.11. The molecule has 1 saturated heterocycles. The maximum absolute atomic E-state index is 13.1. The third-order valence-corrected chi connectivity index (χ3v) is 2.14. The number of ether oxygens (including phenoxy) is 1. The van der Waals surface area contributed by atoms with Gasteiger partial charge in [0.25, 0.3) is 0 Å². The van der Waals surface area contributed by atoms with Crippen molar-refractivity contribution in [2.75, 3.05) is 26.3 Å². The van der Waals surface area contributed by atoms with E-state index in [1.54, 1.807) is 0 Å². The second-order valence-corrected chi connectivity index (χ2v) is 2.94. The molecule has 0 saturated carbocycles. The van der Waals surface area contributed by atoms with Crippen molar-refractivity contribution < 1.29 is 13.5 Å². The van der Waals surface area contributed by atoms with Crippen LogP contribution in [0.1, 0.15) is 0 Å². The Morgan fingerprint density at radius 3 is 2.58 bits per heavy atom. The maximum Gasteiger partial charge on any atom is 0.206 e. The van der Waals surface area contributed by atoms with Crippen molar-refractivity contribution >= 4 is 15.9 Å². The molecular formula is C7H10BrF2NO. The Morgan fingerprint density at radius 2 is 2.08 bits per heavy atom. The molecule has 1 rings (SSSR count). The average Bonchev–Trinajstić information content (AvgIpc) is 2.17. The number of hydrogen-bond acceptors (Lipinski definition) is 2. The summed E-state index contributed by atoms with van der Waals surface area (Å²) in [5, 5.41) is 0. The molecule has 1 fully saturated rings. The third-order valence-electron chi connectivity index (χ3n) is 1.70. The van der Waals surface area contributed by atoms with E-state index in [1.807, 2.05) is 0 Å². The van der Waals surface area contributed by atoms with Crippen molar-refractivity contribution in [2.24, 2.45) is 0 Å². The lowest BCUT2D eigenvalue weighted by molar-refractivity contribution is -0.0140. The minimum atomic E-state index is -1.63. The lowest BCUT2D eigenvalue weighted by atomic mass is 10.4. The van der Waals surface area contributed by atoms with Crippen LogP contribution in [0.2, 0.25) is 0 Å². The Balaban J connectivity index is 2.44. The van der Waals surface area contributed by atoms with Crippen LogP contribution in [0.15, 0.2) is 10.8 Å². The van der Waals surface area contributed by atoms with Gasteiger partial charge in [-0.2, -0.15) is 0 Å². The van der Waals surface area contributed by atoms with Gasteiger partial charge in [0.05, 0.1) is 13.2 Å². The van der Waals surface area contributed by atoms with E-state index in [9.17, 15) is 8.78 Å². The molecule has 1 unspecified atom stereocenters. The molecule has 0 amide bonds. The van der Waals surface area contributed by atoms with Gasteiger partial charge in [0.2, 0.25) is 6.30 Å². The van der Waals surface area contributed by atoms with Gasteiger partial charge < -0.3 is 4.74 Å². The summed E-state index contributed by atoms with van der Waals surface area (Å²) < 4.78 is 30.7. The van der Waals surface area contributed by atoms with Crippen molar-refractivity contribution in [1.29, 1.82) is 0 Å². The summed E-state index contributed by atoms with van der Waals surface area (Å²) in [6, 6.07) is 0. The highest BCUT2D eigenvalue weighted by Crippen LogP contribution is 2.16. The molecule has 1 aliphatic heterocycles. The average molecular weight is 242 g/mol. The largest absolute Gasteiger partial charge is 0.379 e. The highest BCUT2D eigenvalue weighted by atomic mass is 79.9. The minimum absolute atomic E-state index is 0.440. The van der Waals surface area contributed by atoms with Crippen LogP contribution in [0.25, 0.3) is 0 Å². The fraction of sp³-hybridized carbons (Fsp3) is 0.714. The van der Waals surface area contributed by atoms with Gasteiger partial charge >= 0.3 is 0 Å². The lowest BCUT2D eigenvalue weighted by Crippen LogP contribution is -2.41. The summed E-state index contributed by atoms with van der Waals surface area (Å²) in [6.07, 6.45) is -1.63. The first-order valence-corrected chi connectivity index (χ1v) is 4.59. The predicted molar refractivity (Wildman–Crippen MR) is 45.4 cm³/mol. The first kappa shape index (κ1) is 10.1. The van der Waals surface area contributed by atoms with Gasteiger partial charge in [0, 0.05) is 18.1 Å². The topological polar surface area (TPSA) is 12.5 Å². The quantitative estimate of drug-likeness (QED) is 0.685. The summed E-state index contributed by atoms with van der Waals surface area (Å²) in [7, 11) is 0. The molecule has 0 bridgehead atoms. The fourth-order valence-corrected chi connectivity index (χ4v) is 1.25. The lowest BCUT2D eigenvalue weighted by Gasteiger charge is -2.28. The first-order valence-electron chi connectivity index (χ1n) is 3.67. The van der Waals surface area contributed by atoms with Crippen LogP contribution in [0, 0.1) is 0 Å². The minimum Gasteiger partial charge on any atom is -0.379 e. The van der Waals surface area contributed by atoms with E-state index >= 15 is 0 Å². The molecule has 2 nitrogen and oxygen atoms in total. The number of morpholine rings is 1. The van der Waals surface area contributed by atoms with E-state index in [2.05, 4.69) is 15.9 Å². The van der Waals surface area contributed by atoms with Crippen molar-refractivity contribution in [3.63, 3.8) is 0 Å². The Hall–Kier alpha value is -0.0000000000000000416. The smallest absolute Gasteiger partial charge is 0.206 e. The maximum atomic E-state index is 13.1. The molecular weight excluding hydrogens is 232 g/mol. The van der Waals surface area contributed by atoms with E-state index in [0.29, 0.717) is 26.3 Å². The van der Waals surface area contributed by atoms with Crippen LogP contribution in [-0.2, 0) is 4.74 Å². The molecule has 0 aromatic rings. The second-order valence-electron chi connectivity index (χ2n) is 2.48. The van der Waals surface area contributed by atoms with Crippen LogP contribution < -0.4 is 0 Å². The molecule has 1 atom stereocenters.